The predicted octanol–water partition coefficient (Wildman–Crippen LogP) is 3.78. The molecule has 0 heterocycles. The number of aryl methyl sites for hydroxylation is 1. The van der Waals surface area contributed by atoms with E-state index in [0.29, 0.717) is 11.3 Å². The van der Waals surface area contributed by atoms with Crippen molar-refractivity contribution in [3.63, 3.8) is 0 Å². The van der Waals surface area contributed by atoms with Gasteiger partial charge in [0.05, 0.1) is 11.0 Å². The van der Waals surface area contributed by atoms with Crippen molar-refractivity contribution in [2.45, 2.75) is 19.9 Å². The predicted molar refractivity (Wildman–Crippen MR) is 78.0 cm³/mol. The molecule has 1 atom stereocenters. The third-order valence-corrected chi connectivity index (χ3v) is 3.12. The van der Waals surface area contributed by atoms with E-state index in [1.165, 1.54) is 6.07 Å². The molecule has 5 heteroatoms. The highest BCUT2D eigenvalue weighted by Gasteiger charge is 2.17. The first-order valence-corrected chi connectivity index (χ1v) is 6.28. The maximum absolute atomic E-state index is 11.0. The van der Waals surface area contributed by atoms with Crippen LogP contribution in [0.2, 0.25) is 0 Å². The minimum absolute atomic E-state index is 0.0258. The average molecular weight is 272 g/mol. The lowest BCUT2D eigenvalue weighted by molar-refractivity contribution is -0.384. The minimum Gasteiger partial charge on any atom is -0.508 e. The van der Waals surface area contributed by atoms with Crippen molar-refractivity contribution in [2.75, 3.05) is 5.32 Å². The van der Waals surface area contributed by atoms with Crippen LogP contribution in [0.3, 0.4) is 0 Å². The number of rotatable bonds is 4. The zero-order valence-electron chi connectivity index (χ0n) is 11.3. The SMILES string of the molecule is Cc1ccc([N+](=O)[O-])c(NC(C)c2ccccc2O)c1. The summed E-state index contributed by atoms with van der Waals surface area (Å²) in [6.07, 6.45) is 0. The second-order valence-electron chi connectivity index (χ2n) is 4.70. The van der Waals surface area contributed by atoms with Gasteiger partial charge >= 0.3 is 0 Å². The van der Waals surface area contributed by atoms with Gasteiger partial charge in [-0.1, -0.05) is 24.3 Å². The molecule has 0 aliphatic heterocycles. The quantitative estimate of drug-likeness (QED) is 0.656. The molecule has 2 N–H and O–H groups in total. The monoisotopic (exact) mass is 272 g/mol. The van der Waals surface area contributed by atoms with Crippen LogP contribution in [-0.4, -0.2) is 10.0 Å². The van der Waals surface area contributed by atoms with E-state index >= 15 is 0 Å². The molecule has 1 unspecified atom stereocenters. The number of nitrogens with zero attached hydrogens (tertiary/aromatic N) is 1. The van der Waals surface area contributed by atoms with E-state index in [9.17, 15) is 15.2 Å². The van der Waals surface area contributed by atoms with Gasteiger partial charge in [-0.2, -0.15) is 0 Å². The van der Waals surface area contributed by atoms with Crippen LogP contribution >= 0.6 is 0 Å². The highest BCUT2D eigenvalue weighted by Crippen LogP contribution is 2.31. The maximum Gasteiger partial charge on any atom is 0.292 e. The molecular weight excluding hydrogens is 256 g/mol. The van der Waals surface area contributed by atoms with Crippen LogP contribution in [0.25, 0.3) is 0 Å². The Kier molecular flexibility index (Phi) is 3.89. The van der Waals surface area contributed by atoms with E-state index in [-0.39, 0.29) is 17.5 Å². The second kappa shape index (κ2) is 5.61. The lowest BCUT2D eigenvalue weighted by atomic mass is 10.1. The number of hydrogen-bond donors (Lipinski definition) is 2. The third kappa shape index (κ3) is 2.88. The van der Waals surface area contributed by atoms with Crippen LogP contribution in [0.1, 0.15) is 24.1 Å². The summed E-state index contributed by atoms with van der Waals surface area (Å²) in [6, 6.07) is 11.6. The fraction of sp³-hybridized carbons (Fsp3) is 0.200. The Labute approximate surface area is 117 Å². The van der Waals surface area contributed by atoms with Gasteiger partial charge in [-0.3, -0.25) is 10.1 Å². The highest BCUT2D eigenvalue weighted by atomic mass is 16.6. The number of nitro benzene ring substituents is 1. The third-order valence-electron chi connectivity index (χ3n) is 3.12. The normalized spacial score (nSPS) is 11.9. The van der Waals surface area contributed by atoms with Gasteiger partial charge in [-0.25, -0.2) is 0 Å². The van der Waals surface area contributed by atoms with E-state index in [1.807, 2.05) is 19.9 Å². The molecule has 2 aromatic carbocycles. The molecule has 20 heavy (non-hydrogen) atoms. The number of para-hydroxylation sites is 1. The summed E-state index contributed by atoms with van der Waals surface area (Å²) in [5.74, 6) is 0.169. The first-order chi connectivity index (χ1) is 9.49. The van der Waals surface area contributed by atoms with Gasteiger partial charge in [0.15, 0.2) is 0 Å². The number of nitro groups is 1. The summed E-state index contributed by atoms with van der Waals surface area (Å²) in [5.41, 5.74) is 2.11. The zero-order chi connectivity index (χ0) is 14.7. The van der Waals surface area contributed by atoms with Gasteiger partial charge in [0.2, 0.25) is 0 Å². The van der Waals surface area contributed by atoms with Crippen LogP contribution in [0, 0.1) is 17.0 Å². The van der Waals surface area contributed by atoms with Crippen LogP contribution in [0.4, 0.5) is 11.4 Å². The lowest BCUT2D eigenvalue weighted by Crippen LogP contribution is -2.08. The Morgan fingerprint density at radius 2 is 1.95 bits per heavy atom. The lowest BCUT2D eigenvalue weighted by Gasteiger charge is -2.17. The molecule has 0 aliphatic rings. The topological polar surface area (TPSA) is 75.4 Å². The van der Waals surface area contributed by atoms with Crippen molar-refractivity contribution in [3.05, 3.63) is 63.7 Å². The van der Waals surface area contributed by atoms with E-state index < -0.39 is 4.92 Å². The Bertz CT molecular complexity index is 641. The molecule has 0 spiro atoms. The van der Waals surface area contributed by atoms with Gasteiger partial charge < -0.3 is 10.4 Å². The fourth-order valence-corrected chi connectivity index (χ4v) is 2.09. The van der Waals surface area contributed by atoms with E-state index in [2.05, 4.69) is 5.32 Å². The number of phenols is 1. The summed E-state index contributed by atoms with van der Waals surface area (Å²) in [6.45, 7) is 3.72. The molecule has 0 aromatic heterocycles. The summed E-state index contributed by atoms with van der Waals surface area (Å²) in [5, 5.41) is 23.9. The van der Waals surface area contributed by atoms with Crippen molar-refractivity contribution in [1.82, 2.24) is 0 Å². The molecule has 0 bridgehead atoms. The maximum atomic E-state index is 11.0. The summed E-state index contributed by atoms with van der Waals surface area (Å²) in [7, 11) is 0. The van der Waals surface area contributed by atoms with E-state index in [1.54, 1.807) is 30.3 Å². The van der Waals surface area contributed by atoms with Gasteiger partial charge in [0.25, 0.3) is 5.69 Å². The molecule has 104 valence electrons. The molecular formula is C15H16N2O3. The van der Waals surface area contributed by atoms with Gasteiger partial charge in [0.1, 0.15) is 11.4 Å². The van der Waals surface area contributed by atoms with E-state index in [4.69, 9.17) is 0 Å². The summed E-state index contributed by atoms with van der Waals surface area (Å²) < 4.78 is 0. The van der Waals surface area contributed by atoms with Crippen molar-refractivity contribution < 1.29 is 10.0 Å². The summed E-state index contributed by atoms with van der Waals surface area (Å²) in [4.78, 5) is 10.6. The number of hydrogen-bond acceptors (Lipinski definition) is 4. The van der Waals surface area contributed by atoms with Crippen molar-refractivity contribution >= 4 is 11.4 Å². The smallest absolute Gasteiger partial charge is 0.292 e. The number of nitrogens with one attached hydrogen (secondary N) is 1. The van der Waals surface area contributed by atoms with Gasteiger partial charge in [-0.05, 0) is 31.5 Å². The Balaban J connectivity index is 2.32. The first kappa shape index (κ1) is 13.9. The van der Waals surface area contributed by atoms with Gasteiger partial charge in [-0.15, -0.1) is 0 Å². The second-order valence-corrected chi connectivity index (χ2v) is 4.70. The van der Waals surface area contributed by atoms with Gasteiger partial charge in [0, 0.05) is 11.6 Å². The first-order valence-electron chi connectivity index (χ1n) is 6.28. The van der Waals surface area contributed by atoms with Crippen molar-refractivity contribution in [1.29, 1.82) is 0 Å². The molecule has 0 aliphatic carbocycles. The molecule has 2 rings (SSSR count). The molecule has 0 saturated carbocycles. The molecule has 0 fully saturated rings. The number of anilines is 1. The Morgan fingerprint density at radius 3 is 2.60 bits per heavy atom. The molecule has 0 amide bonds. The largest absolute Gasteiger partial charge is 0.508 e. The number of benzene rings is 2. The zero-order valence-corrected chi connectivity index (χ0v) is 11.3. The van der Waals surface area contributed by atoms with Crippen molar-refractivity contribution in [2.24, 2.45) is 0 Å². The van der Waals surface area contributed by atoms with Crippen LogP contribution < -0.4 is 5.32 Å². The highest BCUT2D eigenvalue weighted by molar-refractivity contribution is 5.63. The van der Waals surface area contributed by atoms with Crippen LogP contribution in [0.5, 0.6) is 5.75 Å². The van der Waals surface area contributed by atoms with Crippen molar-refractivity contribution in [3.8, 4) is 5.75 Å². The minimum atomic E-state index is -0.417. The van der Waals surface area contributed by atoms with E-state index in [0.717, 1.165) is 5.56 Å². The molecule has 2 aromatic rings. The Morgan fingerprint density at radius 1 is 1.25 bits per heavy atom. The fourth-order valence-electron chi connectivity index (χ4n) is 2.09. The molecule has 5 nitrogen and oxygen atoms in total. The average Bonchev–Trinajstić information content (AvgIpc) is 2.38. The molecule has 0 radical (unpaired) electrons. The number of aromatic hydroxyl groups is 1. The van der Waals surface area contributed by atoms with Crippen LogP contribution in [0.15, 0.2) is 42.5 Å². The van der Waals surface area contributed by atoms with Crippen LogP contribution in [-0.2, 0) is 0 Å². The summed E-state index contributed by atoms with van der Waals surface area (Å²) >= 11 is 0. The molecule has 0 saturated heterocycles. The number of phenolic OH excluding ortho intramolecular Hbond substituents is 1. The standard InChI is InChI=1S/C15H16N2O3/c1-10-7-8-14(17(19)20)13(9-10)16-11(2)12-5-3-4-6-15(12)18/h3-9,11,16,18H,1-2H3. The Hall–Kier alpha value is -2.56.